The van der Waals surface area contributed by atoms with Crippen LogP contribution in [0.3, 0.4) is 0 Å². The van der Waals surface area contributed by atoms with Crippen LogP contribution in [0, 0.1) is 0 Å². The summed E-state index contributed by atoms with van der Waals surface area (Å²) < 4.78 is 0. The minimum Gasteiger partial charge on any atom is -2.00 e. The van der Waals surface area contributed by atoms with Gasteiger partial charge in [0, 0.05) is 0 Å². The maximum Gasteiger partial charge on any atom is 5.00 e. The minimum atomic E-state index is 0. The molecule has 0 rings (SSSR count). The third-order valence-electron chi connectivity index (χ3n) is 0. The summed E-state index contributed by atoms with van der Waals surface area (Å²) in [4.78, 5) is 0. The first-order chi connectivity index (χ1) is 0. The molecule has 0 radical (unpaired) electrons. The van der Waals surface area contributed by atoms with E-state index in [-0.39, 0.29) is 76.2 Å². The average molecular weight is 215 g/mol. The van der Waals surface area contributed by atoms with Crippen molar-refractivity contribution in [3.63, 3.8) is 0 Å². The molecule has 6 heteroatoms. The SMILES string of the molecule is [Ag+].[LiH].[O-2].[O-2].[O-2].[V+5]. The van der Waals surface area contributed by atoms with Gasteiger partial charge in [-0.1, -0.05) is 0 Å². The fourth-order valence-corrected chi connectivity index (χ4v) is 0. The van der Waals surface area contributed by atoms with Gasteiger partial charge in [-0.25, -0.2) is 0 Å². The zero-order chi connectivity index (χ0) is 0. The van der Waals surface area contributed by atoms with E-state index in [4.69, 9.17) is 0 Å². The van der Waals surface area contributed by atoms with Crippen molar-refractivity contribution < 1.29 is 57.4 Å². The number of rotatable bonds is 0. The van der Waals surface area contributed by atoms with Crippen molar-refractivity contribution in [2.45, 2.75) is 0 Å². The van der Waals surface area contributed by atoms with Gasteiger partial charge >= 0.3 is 59.8 Å². The van der Waals surface area contributed by atoms with Crippen LogP contribution in [0.25, 0.3) is 0 Å². The van der Waals surface area contributed by atoms with E-state index < -0.39 is 0 Å². The first-order valence-corrected chi connectivity index (χ1v) is 0. The summed E-state index contributed by atoms with van der Waals surface area (Å²) in [7, 11) is 0. The van der Waals surface area contributed by atoms with E-state index in [9.17, 15) is 0 Å². The Labute approximate surface area is 75.7 Å². The molecule has 3 nitrogen and oxygen atoms in total. The van der Waals surface area contributed by atoms with Gasteiger partial charge in [-0.2, -0.15) is 0 Å². The van der Waals surface area contributed by atoms with E-state index in [0.29, 0.717) is 0 Å². The molecule has 0 unspecified atom stereocenters. The molecule has 0 fully saturated rings. The monoisotopic (exact) mass is 214 g/mol. The quantitative estimate of drug-likeness (QED) is 0.463. The molecule has 0 aromatic carbocycles. The Morgan fingerprint density at radius 2 is 0.667 bits per heavy atom. The molecular weight excluding hydrogens is 214 g/mol. The second-order valence-corrected chi connectivity index (χ2v) is 0. The zero-order valence-corrected chi connectivity index (χ0v) is 4.85. The van der Waals surface area contributed by atoms with Crippen LogP contribution in [0.1, 0.15) is 0 Å². The third-order valence-corrected chi connectivity index (χ3v) is 0. The van der Waals surface area contributed by atoms with Gasteiger partial charge in [-0.05, 0) is 0 Å². The van der Waals surface area contributed by atoms with Crippen LogP contribution in [-0.4, -0.2) is 18.9 Å². The van der Waals surface area contributed by atoms with Crippen molar-refractivity contribution in [3.05, 3.63) is 0 Å². The fraction of sp³-hybridized carbons (Fsp3) is 0. The predicted molar refractivity (Wildman–Crippen MR) is 9.21 cm³/mol. The van der Waals surface area contributed by atoms with E-state index in [0.717, 1.165) is 0 Å². The molecule has 36 valence electrons. The first kappa shape index (κ1) is 111. The Morgan fingerprint density at radius 1 is 0.667 bits per heavy atom. The van der Waals surface area contributed by atoms with Crippen LogP contribution in [0.15, 0.2) is 0 Å². The molecule has 0 bridgehead atoms. The van der Waals surface area contributed by atoms with Gasteiger partial charge in [0.05, 0.1) is 0 Å². The second kappa shape index (κ2) is 70.5. The van der Waals surface area contributed by atoms with Gasteiger partial charge in [0.25, 0.3) is 0 Å². The Morgan fingerprint density at radius 3 is 0.667 bits per heavy atom. The van der Waals surface area contributed by atoms with Gasteiger partial charge in [-0.15, -0.1) is 0 Å². The van der Waals surface area contributed by atoms with Crippen LogP contribution in [-0.2, 0) is 57.4 Å². The molecule has 0 spiro atoms. The molecule has 0 saturated heterocycles. The van der Waals surface area contributed by atoms with Crippen molar-refractivity contribution in [2.75, 3.05) is 0 Å². The average Bonchev–Trinajstić information content (AvgIpc) is 0. The van der Waals surface area contributed by atoms with Gasteiger partial charge in [-0.3, -0.25) is 0 Å². The fourth-order valence-electron chi connectivity index (χ4n) is 0. The molecule has 0 atom stereocenters. The maximum absolute atomic E-state index is 0. The van der Waals surface area contributed by atoms with Crippen LogP contribution in [0.2, 0.25) is 0 Å². The van der Waals surface area contributed by atoms with E-state index in [1.54, 1.807) is 0 Å². The van der Waals surface area contributed by atoms with Crippen molar-refractivity contribution in [2.24, 2.45) is 0 Å². The summed E-state index contributed by atoms with van der Waals surface area (Å²) >= 11 is 0. The van der Waals surface area contributed by atoms with E-state index in [2.05, 4.69) is 0 Å². The standard InChI is InChI=1S/Ag.Li.3O.V.H/q+1;;3*-2;+5;. The predicted octanol–water partition coefficient (Wildman–Crippen LogP) is -1.01. The normalized spacial score (nSPS) is 0. The van der Waals surface area contributed by atoms with E-state index in [1.807, 2.05) is 0 Å². The molecule has 0 N–H and O–H groups in total. The molecule has 0 aliphatic heterocycles. The topological polar surface area (TPSA) is 85.5 Å². The Balaban J connectivity index is 0. The summed E-state index contributed by atoms with van der Waals surface area (Å²) in [6.07, 6.45) is 0. The van der Waals surface area contributed by atoms with Crippen molar-refractivity contribution in [3.8, 4) is 0 Å². The van der Waals surface area contributed by atoms with Gasteiger partial charge in [0.2, 0.25) is 0 Å². The molecule has 0 saturated carbocycles. The zero-order valence-electron chi connectivity index (χ0n) is 1.97. The Bertz CT molecular complexity index is 10.8. The minimum absolute atomic E-state index is 0. The summed E-state index contributed by atoms with van der Waals surface area (Å²) in [6, 6.07) is 0. The smallest absolute Gasteiger partial charge is 2.00 e. The molecule has 0 aromatic heterocycles. The molecule has 6 heavy (non-hydrogen) atoms. The number of hydrogen-bond acceptors (Lipinski definition) is 0. The Kier molecular flexibility index (Phi) is 1310. The van der Waals surface area contributed by atoms with Gasteiger partial charge < -0.3 is 16.4 Å². The van der Waals surface area contributed by atoms with Gasteiger partial charge in [0.1, 0.15) is 0 Å². The maximum atomic E-state index is 0. The van der Waals surface area contributed by atoms with E-state index >= 15 is 0 Å². The molecule has 0 aliphatic rings. The molecule has 0 amide bonds. The summed E-state index contributed by atoms with van der Waals surface area (Å²) in [5.41, 5.74) is 0. The number of hydrogen-bond donors (Lipinski definition) is 0. The van der Waals surface area contributed by atoms with E-state index in [1.165, 1.54) is 0 Å². The van der Waals surface area contributed by atoms with Crippen molar-refractivity contribution >= 4 is 18.9 Å². The first-order valence-electron chi connectivity index (χ1n) is 0. The van der Waals surface area contributed by atoms with Crippen LogP contribution in [0.4, 0.5) is 0 Å². The van der Waals surface area contributed by atoms with Crippen molar-refractivity contribution in [1.82, 2.24) is 0 Å². The molecule has 0 aliphatic carbocycles. The summed E-state index contributed by atoms with van der Waals surface area (Å²) in [5.74, 6) is 0. The molecular formula is HAgLiO3V. The molecule has 0 aromatic rings. The van der Waals surface area contributed by atoms with Crippen LogP contribution >= 0.6 is 0 Å². The second-order valence-electron chi connectivity index (χ2n) is 0. The molecule has 0 heterocycles. The van der Waals surface area contributed by atoms with Crippen LogP contribution in [0.5, 0.6) is 0 Å². The Hall–Kier alpha value is 1.80. The van der Waals surface area contributed by atoms with Crippen molar-refractivity contribution in [1.29, 1.82) is 0 Å². The largest absolute Gasteiger partial charge is 5.00 e. The third kappa shape index (κ3) is 41.2. The van der Waals surface area contributed by atoms with Gasteiger partial charge in [0.15, 0.2) is 0 Å². The summed E-state index contributed by atoms with van der Waals surface area (Å²) in [6.45, 7) is 0. The van der Waals surface area contributed by atoms with Crippen LogP contribution < -0.4 is 0 Å². The summed E-state index contributed by atoms with van der Waals surface area (Å²) in [5, 5.41) is 0.